The second-order valence-electron chi connectivity index (χ2n) is 11.0. The van der Waals surface area contributed by atoms with Crippen molar-refractivity contribution in [3.05, 3.63) is 36.3 Å². The molecule has 5 rings (SSSR count). The van der Waals surface area contributed by atoms with E-state index in [1.807, 2.05) is 12.3 Å². The molecule has 3 aromatic rings. The number of alkyl halides is 1. The van der Waals surface area contributed by atoms with E-state index in [0.717, 1.165) is 16.5 Å². The van der Waals surface area contributed by atoms with Gasteiger partial charge in [-0.1, -0.05) is 19.9 Å². The summed E-state index contributed by atoms with van der Waals surface area (Å²) in [5, 5.41) is 15.1. The van der Waals surface area contributed by atoms with Crippen LogP contribution >= 0.6 is 0 Å². The number of pyridine rings is 1. The van der Waals surface area contributed by atoms with Crippen LogP contribution in [0.4, 0.5) is 27.8 Å². The van der Waals surface area contributed by atoms with E-state index in [-0.39, 0.29) is 24.1 Å². The Labute approximate surface area is 222 Å². The highest BCUT2D eigenvalue weighted by Crippen LogP contribution is 2.37. The third-order valence-corrected chi connectivity index (χ3v) is 8.40. The third kappa shape index (κ3) is 5.51. The normalized spacial score (nSPS) is 22.7. The molecule has 4 heterocycles. The van der Waals surface area contributed by atoms with Crippen molar-refractivity contribution in [3.8, 4) is 0 Å². The molecule has 1 unspecified atom stereocenters. The Morgan fingerprint density at radius 3 is 2.63 bits per heavy atom. The average Bonchev–Trinajstić information content (AvgIpc) is 2.81. The molecule has 0 aliphatic carbocycles. The van der Waals surface area contributed by atoms with Gasteiger partial charge in [-0.2, -0.15) is 4.98 Å². The van der Waals surface area contributed by atoms with E-state index in [9.17, 15) is 17.9 Å². The molecule has 0 amide bonds. The van der Waals surface area contributed by atoms with Crippen molar-refractivity contribution in [2.45, 2.75) is 44.9 Å². The molecule has 2 N–H and O–H groups in total. The maximum absolute atomic E-state index is 14.7. The first-order valence-corrected chi connectivity index (χ1v) is 14.9. The number of anilines is 4. The first-order chi connectivity index (χ1) is 17.9. The Balaban J connectivity index is 1.39. The van der Waals surface area contributed by atoms with Crippen LogP contribution in [0.5, 0.6) is 0 Å². The molecule has 2 aromatic heterocycles. The van der Waals surface area contributed by atoms with E-state index >= 15 is 0 Å². The Morgan fingerprint density at radius 1 is 1.18 bits per heavy atom. The molecular weight excluding hydrogens is 509 g/mol. The molecule has 0 saturated carbocycles. The third-order valence-electron chi connectivity index (χ3n) is 7.32. The van der Waals surface area contributed by atoms with Crippen LogP contribution in [0.1, 0.15) is 38.7 Å². The van der Waals surface area contributed by atoms with Crippen LogP contribution in [-0.4, -0.2) is 83.4 Å². The number of hydrogen-bond donors (Lipinski definition) is 2. The van der Waals surface area contributed by atoms with Gasteiger partial charge in [0.2, 0.25) is 11.9 Å². The van der Waals surface area contributed by atoms with Crippen molar-refractivity contribution in [3.63, 3.8) is 0 Å². The predicted octanol–water partition coefficient (Wildman–Crippen LogP) is 3.07. The zero-order chi connectivity index (χ0) is 27.2. The van der Waals surface area contributed by atoms with Gasteiger partial charge in [0.1, 0.15) is 22.0 Å². The summed E-state index contributed by atoms with van der Waals surface area (Å²) in [7, 11) is -3.00. The molecular formula is C26H34FN7O3S. The van der Waals surface area contributed by atoms with Gasteiger partial charge in [-0.25, -0.2) is 27.8 Å². The average molecular weight is 544 g/mol. The summed E-state index contributed by atoms with van der Waals surface area (Å²) in [6.45, 7) is 7.50. The maximum Gasteiger partial charge on any atom is 0.233 e. The lowest BCUT2D eigenvalue weighted by Crippen LogP contribution is -2.52. The van der Waals surface area contributed by atoms with Crippen LogP contribution < -0.4 is 15.1 Å². The van der Waals surface area contributed by atoms with E-state index < -0.39 is 21.6 Å². The smallest absolute Gasteiger partial charge is 0.233 e. The van der Waals surface area contributed by atoms with Crippen LogP contribution in [0.25, 0.3) is 10.8 Å². The second kappa shape index (κ2) is 9.88. The molecule has 0 radical (unpaired) electrons. The fourth-order valence-corrected chi connectivity index (χ4v) is 6.38. The SMILES string of the molecule is CC(C)c1ccc(N2CC(CS(C)(=O)=O)C2)c2cnc(Nc3ncnc(N4CCC(O)[C@](C)(F)C4)n3)cc12. The minimum atomic E-state index is -3.00. The molecule has 12 heteroatoms. The Kier molecular flexibility index (Phi) is 6.89. The summed E-state index contributed by atoms with van der Waals surface area (Å²) < 4.78 is 38.0. The summed E-state index contributed by atoms with van der Waals surface area (Å²) in [5.41, 5.74) is 0.468. The van der Waals surface area contributed by atoms with Crippen LogP contribution in [0.3, 0.4) is 0 Å². The van der Waals surface area contributed by atoms with Crippen LogP contribution in [0.15, 0.2) is 30.7 Å². The van der Waals surface area contributed by atoms with Crippen LogP contribution in [-0.2, 0) is 9.84 Å². The number of aliphatic hydroxyl groups is 1. The largest absolute Gasteiger partial charge is 0.390 e. The lowest BCUT2D eigenvalue weighted by molar-refractivity contribution is -0.00860. The van der Waals surface area contributed by atoms with Crippen LogP contribution in [0, 0.1) is 5.92 Å². The first-order valence-electron chi connectivity index (χ1n) is 12.8. The number of aliphatic hydroxyl groups excluding tert-OH is 1. The van der Waals surface area contributed by atoms with Crippen molar-refractivity contribution in [1.29, 1.82) is 0 Å². The molecule has 2 aliphatic heterocycles. The minimum absolute atomic E-state index is 0.00604. The van der Waals surface area contributed by atoms with E-state index in [2.05, 4.69) is 56.1 Å². The highest BCUT2D eigenvalue weighted by molar-refractivity contribution is 7.90. The van der Waals surface area contributed by atoms with Gasteiger partial charge >= 0.3 is 0 Å². The zero-order valence-electron chi connectivity index (χ0n) is 22.1. The van der Waals surface area contributed by atoms with E-state index in [1.165, 1.54) is 25.1 Å². The van der Waals surface area contributed by atoms with Crippen molar-refractivity contribution < 1.29 is 17.9 Å². The van der Waals surface area contributed by atoms with Gasteiger partial charge in [0, 0.05) is 49.1 Å². The molecule has 38 heavy (non-hydrogen) atoms. The quantitative estimate of drug-likeness (QED) is 0.459. The van der Waals surface area contributed by atoms with Crippen molar-refractivity contribution in [1.82, 2.24) is 19.9 Å². The number of benzene rings is 1. The van der Waals surface area contributed by atoms with E-state index in [1.54, 1.807) is 4.90 Å². The Morgan fingerprint density at radius 2 is 1.95 bits per heavy atom. The molecule has 204 valence electrons. The van der Waals surface area contributed by atoms with E-state index in [0.29, 0.717) is 43.8 Å². The summed E-state index contributed by atoms with van der Waals surface area (Å²) >= 11 is 0. The number of aromatic nitrogens is 4. The van der Waals surface area contributed by atoms with Gasteiger partial charge in [-0.05, 0) is 42.3 Å². The second-order valence-corrected chi connectivity index (χ2v) is 13.2. The minimum Gasteiger partial charge on any atom is -0.390 e. The summed E-state index contributed by atoms with van der Waals surface area (Å²) in [5.74, 6) is 1.82. The highest BCUT2D eigenvalue weighted by Gasteiger charge is 2.40. The lowest BCUT2D eigenvalue weighted by atomic mass is 9.93. The Hall–Kier alpha value is -3.12. The highest BCUT2D eigenvalue weighted by atomic mass is 32.2. The number of rotatable bonds is 7. The predicted molar refractivity (Wildman–Crippen MR) is 147 cm³/mol. The molecule has 0 bridgehead atoms. The van der Waals surface area contributed by atoms with Crippen LogP contribution in [0.2, 0.25) is 0 Å². The zero-order valence-corrected chi connectivity index (χ0v) is 22.9. The first kappa shape index (κ1) is 26.5. The van der Waals surface area contributed by atoms with Crippen molar-refractivity contribution in [2.24, 2.45) is 5.92 Å². The monoisotopic (exact) mass is 543 g/mol. The number of fused-ring (bicyclic) bond motifs is 1. The molecule has 2 atom stereocenters. The van der Waals surface area contributed by atoms with Gasteiger partial charge in [-0.3, -0.25) is 0 Å². The van der Waals surface area contributed by atoms with Crippen molar-refractivity contribution >= 4 is 44.0 Å². The lowest BCUT2D eigenvalue weighted by Gasteiger charge is -2.41. The number of sulfone groups is 1. The van der Waals surface area contributed by atoms with Gasteiger partial charge in [0.15, 0.2) is 5.67 Å². The molecule has 1 aromatic carbocycles. The number of halogens is 1. The molecule has 2 aliphatic rings. The number of nitrogens with zero attached hydrogens (tertiary/aromatic N) is 6. The molecule has 0 spiro atoms. The Bertz CT molecular complexity index is 1440. The molecule has 2 saturated heterocycles. The van der Waals surface area contributed by atoms with Gasteiger partial charge < -0.3 is 20.2 Å². The topological polar surface area (TPSA) is 124 Å². The summed E-state index contributed by atoms with van der Waals surface area (Å²) in [4.78, 5) is 21.4. The fraction of sp³-hybridized carbons (Fsp3) is 0.538. The number of nitrogens with one attached hydrogen (secondary N) is 1. The standard InChI is InChI=1S/C26H34FN7O3S/c1-16(2)18-5-6-21(34-11-17(12-34)13-38(4,36)37)20-10-28-23(9-19(18)20)31-24-29-15-30-25(32-24)33-8-7-22(35)26(3,27)14-33/h5-6,9-10,15-17,22,35H,7-8,11-14H2,1-4H3,(H,28,29,30,31,32)/t22?,26-/m1/s1. The maximum atomic E-state index is 14.7. The van der Waals surface area contributed by atoms with Gasteiger partial charge in [0.25, 0.3) is 0 Å². The number of piperidine rings is 1. The summed E-state index contributed by atoms with van der Waals surface area (Å²) in [6, 6.07) is 6.19. The summed E-state index contributed by atoms with van der Waals surface area (Å²) in [6.07, 6.45) is 3.76. The van der Waals surface area contributed by atoms with Crippen molar-refractivity contribution in [2.75, 3.05) is 53.3 Å². The van der Waals surface area contributed by atoms with Gasteiger partial charge in [0.05, 0.1) is 18.4 Å². The molecule has 10 nitrogen and oxygen atoms in total. The molecule has 2 fully saturated rings. The number of hydrogen-bond acceptors (Lipinski definition) is 10. The van der Waals surface area contributed by atoms with Gasteiger partial charge in [-0.15, -0.1) is 0 Å². The van der Waals surface area contributed by atoms with E-state index in [4.69, 9.17) is 0 Å². The fourth-order valence-electron chi connectivity index (χ4n) is 5.32.